The van der Waals surface area contributed by atoms with Gasteiger partial charge in [-0.15, -0.1) is 11.8 Å². The predicted molar refractivity (Wildman–Crippen MR) is 145 cm³/mol. The van der Waals surface area contributed by atoms with E-state index in [1.807, 2.05) is 86.6 Å². The second kappa shape index (κ2) is 11.3. The summed E-state index contributed by atoms with van der Waals surface area (Å²) in [7, 11) is 0. The van der Waals surface area contributed by atoms with Crippen LogP contribution in [-0.2, 0) is 4.79 Å². The molecule has 0 saturated heterocycles. The molecule has 0 heterocycles. The number of nitrogens with one attached hydrogen (secondary N) is 2. The van der Waals surface area contributed by atoms with E-state index in [2.05, 4.69) is 10.6 Å². The van der Waals surface area contributed by atoms with E-state index in [0.29, 0.717) is 16.3 Å². The second-order valence-corrected chi connectivity index (χ2v) is 9.75. The highest BCUT2D eigenvalue weighted by Gasteiger charge is 2.23. The van der Waals surface area contributed by atoms with Gasteiger partial charge in [-0.2, -0.15) is 0 Å². The van der Waals surface area contributed by atoms with E-state index >= 15 is 0 Å². The zero-order chi connectivity index (χ0) is 24.8. The molecular formula is C29H25ClN2O2S. The number of rotatable bonds is 7. The maximum atomic E-state index is 13.4. The monoisotopic (exact) mass is 500 g/mol. The fraction of sp³-hybridized carbons (Fsp3) is 0.103. The second-order valence-electron chi connectivity index (χ2n) is 8.14. The number of amides is 2. The Morgan fingerprint density at radius 3 is 2.31 bits per heavy atom. The molecule has 6 heteroatoms. The Balaban J connectivity index is 1.56. The van der Waals surface area contributed by atoms with Crippen LogP contribution in [0.1, 0.15) is 32.3 Å². The van der Waals surface area contributed by atoms with Gasteiger partial charge in [-0.3, -0.25) is 9.59 Å². The zero-order valence-corrected chi connectivity index (χ0v) is 21.0. The summed E-state index contributed by atoms with van der Waals surface area (Å²) in [6.07, 6.45) is 0. The lowest BCUT2D eigenvalue weighted by atomic mass is 10.1. The van der Waals surface area contributed by atoms with Gasteiger partial charge in [-0.1, -0.05) is 66.2 Å². The summed E-state index contributed by atoms with van der Waals surface area (Å²) in [5.74, 6) is -0.356. The lowest BCUT2D eigenvalue weighted by molar-refractivity contribution is -0.115. The summed E-state index contributed by atoms with van der Waals surface area (Å²) in [6, 6.07) is 29.8. The van der Waals surface area contributed by atoms with Crippen molar-refractivity contribution in [2.24, 2.45) is 0 Å². The van der Waals surface area contributed by atoms with Crippen molar-refractivity contribution in [3.63, 3.8) is 0 Å². The highest BCUT2D eigenvalue weighted by Crippen LogP contribution is 2.37. The molecule has 0 fully saturated rings. The average molecular weight is 501 g/mol. The molecule has 0 aliphatic rings. The number of benzene rings is 4. The van der Waals surface area contributed by atoms with Gasteiger partial charge in [-0.25, -0.2) is 0 Å². The molecule has 0 saturated carbocycles. The van der Waals surface area contributed by atoms with Crippen LogP contribution < -0.4 is 10.6 Å². The Bertz CT molecular complexity index is 1360. The summed E-state index contributed by atoms with van der Waals surface area (Å²) >= 11 is 7.45. The Morgan fingerprint density at radius 1 is 0.800 bits per heavy atom. The molecule has 0 radical (unpaired) electrons. The third-order valence-corrected chi connectivity index (χ3v) is 7.12. The van der Waals surface area contributed by atoms with Gasteiger partial charge in [-0.05, 0) is 73.0 Å². The largest absolute Gasteiger partial charge is 0.325 e. The highest BCUT2D eigenvalue weighted by atomic mass is 35.5. The van der Waals surface area contributed by atoms with Crippen molar-refractivity contribution in [1.29, 1.82) is 0 Å². The third-order valence-electron chi connectivity index (χ3n) is 5.64. The van der Waals surface area contributed by atoms with E-state index in [0.717, 1.165) is 27.3 Å². The quantitative estimate of drug-likeness (QED) is 0.256. The van der Waals surface area contributed by atoms with E-state index in [1.54, 1.807) is 24.3 Å². The molecular weight excluding hydrogens is 476 g/mol. The first kappa shape index (κ1) is 24.6. The van der Waals surface area contributed by atoms with Crippen LogP contribution in [0.15, 0.2) is 102 Å². The molecule has 0 aliphatic carbocycles. The summed E-state index contributed by atoms with van der Waals surface area (Å²) in [4.78, 5) is 27.0. The van der Waals surface area contributed by atoms with Crippen LogP contribution >= 0.6 is 23.4 Å². The maximum absolute atomic E-state index is 13.4. The third kappa shape index (κ3) is 6.32. The molecule has 4 aromatic rings. The number of carbonyl (C=O) groups is 2. The van der Waals surface area contributed by atoms with E-state index in [-0.39, 0.29) is 11.8 Å². The number of anilines is 2. The van der Waals surface area contributed by atoms with Crippen molar-refractivity contribution >= 4 is 46.6 Å². The molecule has 4 rings (SSSR count). The molecule has 4 aromatic carbocycles. The lowest BCUT2D eigenvalue weighted by Gasteiger charge is -2.19. The van der Waals surface area contributed by atoms with E-state index in [1.165, 1.54) is 11.8 Å². The predicted octanol–water partition coefficient (Wildman–Crippen LogP) is 7.68. The van der Waals surface area contributed by atoms with Crippen molar-refractivity contribution in [3.05, 3.63) is 124 Å². The molecule has 176 valence electrons. The number of carbonyl (C=O) groups excluding carboxylic acids is 2. The van der Waals surface area contributed by atoms with E-state index < -0.39 is 5.25 Å². The van der Waals surface area contributed by atoms with Gasteiger partial charge in [0.25, 0.3) is 5.91 Å². The summed E-state index contributed by atoms with van der Waals surface area (Å²) in [5, 5.41) is 6.04. The van der Waals surface area contributed by atoms with Crippen LogP contribution in [0, 0.1) is 13.8 Å². The number of aryl methyl sites for hydroxylation is 1. The topological polar surface area (TPSA) is 58.2 Å². The lowest BCUT2D eigenvalue weighted by Crippen LogP contribution is -2.19. The van der Waals surface area contributed by atoms with Gasteiger partial charge in [0, 0.05) is 26.9 Å². The van der Waals surface area contributed by atoms with Crippen LogP contribution in [0.2, 0.25) is 5.02 Å². The molecule has 2 amide bonds. The van der Waals surface area contributed by atoms with Crippen LogP contribution in [-0.4, -0.2) is 11.8 Å². The minimum atomic E-state index is -0.477. The summed E-state index contributed by atoms with van der Waals surface area (Å²) < 4.78 is 0. The Hall–Kier alpha value is -3.54. The fourth-order valence-corrected chi connectivity index (χ4v) is 4.88. The minimum absolute atomic E-state index is 0.108. The van der Waals surface area contributed by atoms with Crippen molar-refractivity contribution in [2.45, 2.75) is 24.0 Å². The Kier molecular flexibility index (Phi) is 7.91. The fourth-order valence-electron chi connectivity index (χ4n) is 3.60. The van der Waals surface area contributed by atoms with Crippen LogP contribution in [0.4, 0.5) is 11.4 Å². The first-order chi connectivity index (χ1) is 16.9. The molecule has 1 atom stereocenters. The first-order valence-corrected chi connectivity index (χ1v) is 12.4. The van der Waals surface area contributed by atoms with Gasteiger partial charge in [0.05, 0.1) is 0 Å². The standard InChI is InChI=1S/C29H25ClN2O2S/c1-19-9-6-16-26(20(19)2)32-29(34)27(21-10-4-3-5-11-21)35-25-15-8-14-24(18-25)31-28(33)22-12-7-13-23(30)17-22/h3-18,27H,1-2H3,(H,31,33)(H,32,34). The Morgan fingerprint density at radius 2 is 1.54 bits per heavy atom. The first-order valence-electron chi connectivity index (χ1n) is 11.2. The van der Waals surface area contributed by atoms with Crippen LogP contribution in [0.5, 0.6) is 0 Å². The molecule has 4 nitrogen and oxygen atoms in total. The normalized spacial score (nSPS) is 11.5. The van der Waals surface area contributed by atoms with Crippen molar-refractivity contribution in [3.8, 4) is 0 Å². The van der Waals surface area contributed by atoms with E-state index in [9.17, 15) is 9.59 Å². The summed E-state index contributed by atoms with van der Waals surface area (Å²) in [5.41, 5.74) is 4.98. The molecule has 35 heavy (non-hydrogen) atoms. The van der Waals surface area contributed by atoms with Crippen molar-refractivity contribution in [1.82, 2.24) is 0 Å². The average Bonchev–Trinajstić information content (AvgIpc) is 2.86. The number of hydrogen-bond donors (Lipinski definition) is 2. The van der Waals surface area contributed by atoms with Gasteiger partial charge >= 0.3 is 0 Å². The minimum Gasteiger partial charge on any atom is -0.325 e. The van der Waals surface area contributed by atoms with Gasteiger partial charge < -0.3 is 10.6 Å². The number of thioether (sulfide) groups is 1. The molecule has 0 bridgehead atoms. The van der Waals surface area contributed by atoms with Gasteiger partial charge in [0.2, 0.25) is 5.91 Å². The van der Waals surface area contributed by atoms with E-state index in [4.69, 9.17) is 11.6 Å². The molecule has 0 aromatic heterocycles. The van der Waals surface area contributed by atoms with Gasteiger partial charge in [0.15, 0.2) is 0 Å². The maximum Gasteiger partial charge on any atom is 0.255 e. The number of halogens is 1. The smallest absolute Gasteiger partial charge is 0.255 e. The summed E-state index contributed by atoms with van der Waals surface area (Å²) in [6.45, 7) is 4.03. The van der Waals surface area contributed by atoms with Crippen LogP contribution in [0.3, 0.4) is 0 Å². The molecule has 1 unspecified atom stereocenters. The van der Waals surface area contributed by atoms with Crippen molar-refractivity contribution in [2.75, 3.05) is 10.6 Å². The highest BCUT2D eigenvalue weighted by molar-refractivity contribution is 8.00. The SMILES string of the molecule is Cc1cccc(NC(=O)C(Sc2cccc(NC(=O)c3cccc(Cl)c3)c2)c2ccccc2)c1C. The number of hydrogen-bond acceptors (Lipinski definition) is 3. The van der Waals surface area contributed by atoms with Gasteiger partial charge in [0.1, 0.15) is 5.25 Å². The molecule has 2 N–H and O–H groups in total. The van der Waals surface area contributed by atoms with Crippen LogP contribution in [0.25, 0.3) is 0 Å². The van der Waals surface area contributed by atoms with Crippen molar-refractivity contribution < 1.29 is 9.59 Å². The molecule has 0 aliphatic heterocycles. The zero-order valence-electron chi connectivity index (χ0n) is 19.4. The Labute approximate surface area is 214 Å². The molecule has 0 spiro atoms.